The molecule has 0 aliphatic heterocycles. The maximum absolute atomic E-state index is 11.4. The molecule has 8 heteroatoms. The molecule has 0 fully saturated rings. The van der Waals surface area contributed by atoms with Crippen LogP contribution in [0.15, 0.2) is 24.3 Å². The number of amides is 2. The minimum Gasteiger partial charge on any atom is -0.386 e. The molecule has 1 aromatic rings. The van der Waals surface area contributed by atoms with Crippen molar-refractivity contribution < 1.29 is 19.6 Å². The largest absolute Gasteiger partial charge is 0.386 e. The van der Waals surface area contributed by atoms with E-state index in [1.54, 1.807) is 0 Å². The standard InChI is InChI=1S/C9H9N3O5/c13-5-8(14)10-11-9(15)6-1-3-7(4-2-6)12(16)17/h1-4,13H,5H2,(H,10,14)(H,11,15). The molecule has 0 radical (unpaired) electrons. The predicted molar refractivity (Wildman–Crippen MR) is 55.8 cm³/mol. The molecular weight excluding hydrogens is 230 g/mol. The van der Waals surface area contributed by atoms with Crippen LogP contribution in [0.4, 0.5) is 5.69 Å². The quantitative estimate of drug-likeness (QED) is 0.478. The summed E-state index contributed by atoms with van der Waals surface area (Å²) in [4.78, 5) is 31.8. The number of carbonyl (C=O) groups is 2. The smallest absolute Gasteiger partial charge is 0.269 e. The van der Waals surface area contributed by atoms with Crippen LogP contribution in [0.5, 0.6) is 0 Å². The Labute approximate surface area is 95.4 Å². The summed E-state index contributed by atoms with van der Waals surface area (Å²) < 4.78 is 0. The number of hydrazine groups is 1. The van der Waals surface area contributed by atoms with Crippen LogP contribution in [-0.4, -0.2) is 28.5 Å². The first-order valence-electron chi connectivity index (χ1n) is 4.49. The molecule has 0 heterocycles. The number of non-ortho nitro benzene ring substituents is 1. The van der Waals surface area contributed by atoms with Gasteiger partial charge in [0.1, 0.15) is 6.61 Å². The number of rotatable bonds is 3. The number of nitro benzene ring substituents is 1. The highest BCUT2D eigenvalue weighted by Gasteiger charge is 2.09. The molecule has 8 nitrogen and oxygen atoms in total. The third-order valence-electron chi connectivity index (χ3n) is 1.80. The van der Waals surface area contributed by atoms with Gasteiger partial charge in [-0.25, -0.2) is 0 Å². The second-order valence-corrected chi connectivity index (χ2v) is 2.96. The van der Waals surface area contributed by atoms with Gasteiger partial charge in [-0.3, -0.25) is 30.6 Å². The zero-order valence-electron chi connectivity index (χ0n) is 8.54. The number of aliphatic hydroxyl groups is 1. The molecule has 2 amide bonds. The van der Waals surface area contributed by atoms with E-state index < -0.39 is 23.3 Å². The molecule has 0 atom stereocenters. The SMILES string of the molecule is O=C(CO)NNC(=O)c1ccc([N+](=O)[O-])cc1. The Hall–Kier alpha value is -2.48. The first kappa shape index (κ1) is 12.6. The maximum Gasteiger partial charge on any atom is 0.269 e. The summed E-state index contributed by atoms with van der Waals surface area (Å²) >= 11 is 0. The molecule has 0 aliphatic carbocycles. The minimum atomic E-state index is -0.764. The maximum atomic E-state index is 11.4. The summed E-state index contributed by atoms with van der Waals surface area (Å²) in [5.41, 5.74) is 3.98. The Morgan fingerprint density at radius 1 is 1.24 bits per heavy atom. The van der Waals surface area contributed by atoms with E-state index in [1.165, 1.54) is 24.3 Å². The van der Waals surface area contributed by atoms with Crippen molar-refractivity contribution in [3.05, 3.63) is 39.9 Å². The van der Waals surface area contributed by atoms with E-state index in [1.807, 2.05) is 10.9 Å². The Bertz CT molecular complexity index is 442. The molecule has 1 aromatic carbocycles. The molecule has 90 valence electrons. The van der Waals surface area contributed by atoms with E-state index in [0.29, 0.717) is 0 Å². The molecule has 1 rings (SSSR count). The monoisotopic (exact) mass is 239 g/mol. The van der Waals surface area contributed by atoms with E-state index >= 15 is 0 Å². The average Bonchev–Trinajstić information content (AvgIpc) is 2.35. The summed E-state index contributed by atoms with van der Waals surface area (Å²) in [5.74, 6) is -1.40. The second-order valence-electron chi connectivity index (χ2n) is 2.96. The van der Waals surface area contributed by atoms with Gasteiger partial charge in [0, 0.05) is 17.7 Å². The van der Waals surface area contributed by atoms with E-state index in [-0.39, 0.29) is 11.3 Å². The van der Waals surface area contributed by atoms with Gasteiger partial charge < -0.3 is 5.11 Å². The summed E-state index contributed by atoms with van der Waals surface area (Å²) in [7, 11) is 0. The third-order valence-corrected chi connectivity index (χ3v) is 1.80. The highest BCUT2D eigenvalue weighted by atomic mass is 16.6. The number of carbonyl (C=O) groups excluding carboxylic acids is 2. The molecule has 0 spiro atoms. The zero-order chi connectivity index (χ0) is 12.8. The fraction of sp³-hybridized carbons (Fsp3) is 0.111. The van der Waals surface area contributed by atoms with Gasteiger partial charge in [-0.2, -0.15) is 0 Å². The van der Waals surface area contributed by atoms with Crippen molar-refractivity contribution in [2.75, 3.05) is 6.61 Å². The van der Waals surface area contributed by atoms with Gasteiger partial charge in [0.15, 0.2) is 0 Å². The first-order valence-corrected chi connectivity index (χ1v) is 4.49. The summed E-state index contributed by atoms with van der Waals surface area (Å²) in [6, 6.07) is 4.84. The Balaban J connectivity index is 2.64. The lowest BCUT2D eigenvalue weighted by Crippen LogP contribution is -2.42. The average molecular weight is 239 g/mol. The summed E-state index contributed by atoms with van der Waals surface area (Å²) in [5, 5.41) is 18.7. The summed E-state index contributed by atoms with van der Waals surface area (Å²) in [6.45, 7) is -0.749. The first-order chi connectivity index (χ1) is 8.04. The van der Waals surface area contributed by atoms with E-state index in [4.69, 9.17) is 5.11 Å². The van der Waals surface area contributed by atoms with Gasteiger partial charge >= 0.3 is 0 Å². The van der Waals surface area contributed by atoms with Crippen LogP contribution >= 0.6 is 0 Å². The number of hydrogen-bond acceptors (Lipinski definition) is 5. The number of hydrogen-bond donors (Lipinski definition) is 3. The van der Waals surface area contributed by atoms with Crippen LogP contribution in [0, 0.1) is 10.1 Å². The molecule has 3 N–H and O–H groups in total. The van der Waals surface area contributed by atoms with Crippen molar-refractivity contribution in [3.63, 3.8) is 0 Å². The number of nitrogens with zero attached hydrogens (tertiary/aromatic N) is 1. The predicted octanol–water partition coefficient (Wildman–Crippen LogP) is -0.652. The molecule has 0 aromatic heterocycles. The molecule has 0 aliphatic rings. The van der Waals surface area contributed by atoms with Crippen molar-refractivity contribution in [2.24, 2.45) is 0 Å². The van der Waals surface area contributed by atoms with Crippen LogP contribution in [0.1, 0.15) is 10.4 Å². The van der Waals surface area contributed by atoms with Gasteiger partial charge in [0.2, 0.25) is 0 Å². The fourth-order valence-electron chi connectivity index (χ4n) is 0.973. The van der Waals surface area contributed by atoms with Crippen LogP contribution in [-0.2, 0) is 4.79 Å². The highest BCUT2D eigenvalue weighted by Crippen LogP contribution is 2.11. The van der Waals surface area contributed by atoms with Gasteiger partial charge in [-0.1, -0.05) is 0 Å². The Morgan fingerprint density at radius 3 is 2.29 bits per heavy atom. The highest BCUT2D eigenvalue weighted by molar-refractivity contribution is 5.95. The van der Waals surface area contributed by atoms with Gasteiger partial charge in [0.05, 0.1) is 4.92 Å². The van der Waals surface area contributed by atoms with E-state index in [9.17, 15) is 19.7 Å². The van der Waals surface area contributed by atoms with Gasteiger partial charge in [0.25, 0.3) is 17.5 Å². The van der Waals surface area contributed by atoms with Crippen LogP contribution < -0.4 is 10.9 Å². The number of aliphatic hydroxyl groups excluding tert-OH is 1. The van der Waals surface area contributed by atoms with Crippen molar-refractivity contribution in [2.45, 2.75) is 0 Å². The van der Waals surface area contributed by atoms with E-state index in [0.717, 1.165) is 0 Å². The van der Waals surface area contributed by atoms with Crippen LogP contribution in [0.25, 0.3) is 0 Å². The number of benzene rings is 1. The lowest BCUT2D eigenvalue weighted by Gasteiger charge is -2.05. The fourth-order valence-corrected chi connectivity index (χ4v) is 0.973. The Kier molecular flexibility index (Phi) is 4.12. The Morgan fingerprint density at radius 2 is 1.82 bits per heavy atom. The van der Waals surface area contributed by atoms with Crippen molar-refractivity contribution in [1.82, 2.24) is 10.9 Å². The topological polar surface area (TPSA) is 122 Å². The third kappa shape index (κ3) is 3.54. The van der Waals surface area contributed by atoms with Gasteiger partial charge in [-0.15, -0.1) is 0 Å². The lowest BCUT2D eigenvalue weighted by atomic mass is 10.2. The molecule has 0 bridgehead atoms. The molecule has 0 unspecified atom stereocenters. The van der Waals surface area contributed by atoms with Crippen molar-refractivity contribution in [3.8, 4) is 0 Å². The molecule has 0 saturated carbocycles. The van der Waals surface area contributed by atoms with Crippen LogP contribution in [0.2, 0.25) is 0 Å². The second kappa shape index (κ2) is 5.56. The normalized spacial score (nSPS) is 9.47. The van der Waals surface area contributed by atoms with E-state index in [2.05, 4.69) is 0 Å². The lowest BCUT2D eigenvalue weighted by molar-refractivity contribution is -0.384. The number of nitro groups is 1. The van der Waals surface area contributed by atoms with Crippen molar-refractivity contribution >= 4 is 17.5 Å². The minimum absolute atomic E-state index is 0.138. The molecular formula is C9H9N3O5. The zero-order valence-corrected chi connectivity index (χ0v) is 8.54. The summed E-state index contributed by atoms with van der Waals surface area (Å²) in [6.07, 6.45) is 0. The molecule has 0 saturated heterocycles. The number of nitrogens with one attached hydrogen (secondary N) is 2. The van der Waals surface area contributed by atoms with Gasteiger partial charge in [-0.05, 0) is 12.1 Å². The van der Waals surface area contributed by atoms with Crippen LogP contribution in [0.3, 0.4) is 0 Å². The molecule has 17 heavy (non-hydrogen) atoms. The van der Waals surface area contributed by atoms with Crippen molar-refractivity contribution in [1.29, 1.82) is 0 Å².